The number of nitrogens with one attached hydrogen (secondary N) is 1. The third-order valence-corrected chi connectivity index (χ3v) is 7.97. The van der Waals surface area contributed by atoms with Crippen molar-refractivity contribution >= 4 is 27.3 Å². The van der Waals surface area contributed by atoms with Gasteiger partial charge < -0.3 is 5.32 Å². The van der Waals surface area contributed by atoms with Crippen LogP contribution in [0.3, 0.4) is 0 Å². The first-order chi connectivity index (χ1) is 8.78. The second kappa shape index (κ2) is 3.21. The molecule has 0 saturated heterocycles. The summed E-state index contributed by atoms with van der Waals surface area (Å²) in [6.07, 6.45) is 6.00. The number of aromatic nitrogens is 1. The predicted molar refractivity (Wildman–Crippen MR) is 75.7 cm³/mol. The van der Waals surface area contributed by atoms with Gasteiger partial charge in [-0.3, -0.25) is 0 Å². The standard InChI is InChI=1S/C14H17BrN2S/c15-5-11-7-18-12(17-11)6-16-13-3-9-1-8-2-10(4-13)14(8,9)13/h7-10,16H,1-6H2. The van der Waals surface area contributed by atoms with Gasteiger partial charge in [0.25, 0.3) is 0 Å². The molecule has 4 aliphatic rings. The molecule has 18 heavy (non-hydrogen) atoms. The monoisotopic (exact) mass is 324 g/mol. The molecule has 1 heterocycles. The normalized spacial score (nSPS) is 50.2. The average Bonchev–Trinajstić information content (AvgIpc) is 2.72. The summed E-state index contributed by atoms with van der Waals surface area (Å²) in [6.45, 7) is 0.992. The third kappa shape index (κ3) is 0.947. The highest BCUT2D eigenvalue weighted by Crippen LogP contribution is 2.89. The Morgan fingerprint density at radius 2 is 2.11 bits per heavy atom. The van der Waals surface area contributed by atoms with Crippen LogP contribution in [0.1, 0.15) is 36.4 Å². The van der Waals surface area contributed by atoms with E-state index >= 15 is 0 Å². The first-order valence-corrected chi connectivity index (χ1v) is 9.03. The van der Waals surface area contributed by atoms with E-state index < -0.39 is 0 Å². The minimum Gasteiger partial charge on any atom is -0.304 e. The first kappa shape index (κ1) is 10.8. The topological polar surface area (TPSA) is 24.9 Å². The smallest absolute Gasteiger partial charge is 0.107 e. The Bertz CT molecular complexity index is 500. The van der Waals surface area contributed by atoms with Crippen molar-refractivity contribution in [2.45, 2.75) is 43.1 Å². The number of thiazole rings is 1. The number of rotatable bonds is 4. The molecule has 4 saturated carbocycles. The number of nitrogens with zero attached hydrogens (tertiary/aromatic N) is 1. The summed E-state index contributed by atoms with van der Waals surface area (Å²) in [5, 5.41) is 8.21. The largest absolute Gasteiger partial charge is 0.304 e. The van der Waals surface area contributed by atoms with Gasteiger partial charge >= 0.3 is 0 Å². The van der Waals surface area contributed by atoms with Crippen molar-refractivity contribution < 1.29 is 0 Å². The Hall–Kier alpha value is 0.0700. The van der Waals surface area contributed by atoms with Crippen molar-refractivity contribution in [2.75, 3.05) is 0 Å². The van der Waals surface area contributed by atoms with E-state index in [1.807, 2.05) is 0 Å². The van der Waals surface area contributed by atoms with E-state index in [4.69, 9.17) is 0 Å². The maximum Gasteiger partial charge on any atom is 0.107 e. The molecule has 0 radical (unpaired) electrons. The summed E-state index contributed by atoms with van der Waals surface area (Å²) < 4.78 is 0. The van der Waals surface area contributed by atoms with E-state index in [2.05, 4.69) is 31.6 Å². The maximum absolute atomic E-state index is 4.64. The average molecular weight is 325 g/mol. The molecule has 0 amide bonds. The van der Waals surface area contributed by atoms with Gasteiger partial charge in [-0.2, -0.15) is 0 Å². The predicted octanol–water partition coefficient (Wildman–Crippen LogP) is 3.32. The van der Waals surface area contributed by atoms with Crippen LogP contribution >= 0.6 is 27.3 Å². The lowest BCUT2D eigenvalue weighted by Gasteiger charge is -2.91. The Kier molecular flexibility index (Phi) is 1.93. The summed E-state index contributed by atoms with van der Waals surface area (Å²) in [7, 11) is 0. The second-order valence-corrected chi connectivity index (χ2v) is 8.21. The van der Waals surface area contributed by atoms with Crippen molar-refractivity contribution in [1.82, 2.24) is 10.3 Å². The zero-order valence-corrected chi connectivity index (χ0v) is 12.7. The molecule has 2 atom stereocenters. The molecular weight excluding hydrogens is 308 g/mol. The van der Waals surface area contributed by atoms with E-state index in [1.165, 1.54) is 23.5 Å². The Labute approximate surface area is 120 Å². The number of hydrogen-bond acceptors (Lipinski definition) is 3. The molecule has 5 rings (SSSR count). The molecule has 1 spiro atoms. The molecular formula is C14H17BrN2S. The van der Waals surface area contributed by atoms with Crippen molar-refractivity contribution in [3.05, 3.63) is 16.1 Å². The summed E-state index contributed by atoms with van der Waals surface area (Å²) >= 11 is 5.27. The van der Waals surface area contributed by atoms with Crippen LogP contribution < -0.4 is 5.32 Å². The molecule has 1 aromatic rings. The molecule has 4 aliphatic carbocycles. The maximum atomic E-state index is 4.64. The summed E-state index contributed by atoms with van der Waals surface area (Å²) in [5.41, 5.74) is 2.52. The van der Waals surface area contributed by atoms with Crippen LogP contribution in [-0.4, -0.2) is 10.5 Å². The molecule has 0 bridgehead atoms. The number of hydrogen-bond donors (Lipinski definition) is 1. The van der Waals surface area contributed by atoms with Crippen LogP contribution in [0.2, 0.25) is 0 Å². The van der Waals surface area contributed by atoms with Crippen LogP contribution in [-0.2, 0) is 11.9 Å². The number of halogens is 1. The first-order valence-electron chi connectivity index (χ1n) is 7.03. The van der Waals surface area contributed by atoms with E-state index in [9.17, 15) is 0 Å². The van der Waals surface area contributed by atoms with Crippen LogP contribution in [0.25, 0.3) is 0 Å². The number of alkyl halides is 1. The van der Waals surface area contributed by atoms with Crippen molar-refractivity contribution in [3.63, 3.8) is 0 Å². The van der Waals surface area contributed by atoms with Gasteiger partial charge in [0, 0.05) is 22.8 Å². The minimum atomic E-state index is 0.545. The lowest BCUT2D eigenvalue weighted by molar-refractivity contribution is -0.397. The van der Waals surface area contributed by atoms with Gasteiger partial charge in [0.2, 0.25) is 0 Å². The SMILES string of the molecule is BrCc1csc(CNC23CC4CC5CC(C2)C543)n1. The summed E-state index contributed by atoms with van der Waals surface area (Å²) in [6, 6.07) is 0. The Balaban J connectivity index is 1.31. The molecule has 4 fully saturated rings. The Morgan fingerprint density at radius 1 is 1.33 bits per heavy atom. The fourth-order valence-electron chi connectivity index (χ4n) is 5.97. The van der Waals surface area contributed by atoms with Gasteiger partial charge in [-0.1, -0.05) is 15.9 Å². The fraction of sp³-hybridized carbons (Fsp3) is 0.786. The zero-order valence-electron chi connectivity index (χ0n) is 10.3. The van der Waals surface area contributed by atoms with Crippen LogP contribution in [0.4, 0.5) is 0 Å². The van der Waals surface area contributed by atoms with Gasteiger partial charge in [-0.15, -0.1) is 11.3 Å². The lowest BCUT2D eigenvalue weighted by atomic mass is 9.15. The van der Waals surface area contributed by atoms with Crippen molar-refractivity contribution in [2.24, 2.45) is 23.2 Å². The fourth-order valence-corrected chi connectivity index (χ4v) is 7.20. The van der Waals surface area contributed by atoms with Crippen LogP contribution in [0, 0.1) is 23.2 Å². The van der Waals surface area contributed by atoms with Gasteiger partial charge in [0.15, 0.2) is 0 Å². The lowest BCUT2D eigenvalue weighted by Crippen LogP contribution is -2.92. The van der Waals surface area contributed by atoms with Gasteiger partial charge in [0.1, 0.15) is 5.01 Å². The summed E-state index contributed by atoms with van der Waals surface area (Å²) in [5.74, 6) is 3.28. The van der Waals surface area contributed by atoms with Crippen molar-refractivity contribution in [3.8, 4) is 0 Å². The molecule has 2 unspecified atom stereocenters. The summed E-state index contributed by atoms with van der Waals surface area (Å²) in [4.78, 5) is 4.64. The minimum absolute atomic E-state index is 0.545. The molecule has 1 aromatic heterocycles. The van der Waals surface area contributed by atoms with E-state index in [-0.39, 0.29) is 0 Å². The molecule has 0 aromatic carbocycles. The highest BCUT2D eigenvalue weighted by atomic mass is 79.9. The zero-order chi connectivity index (χ0) is 12.0. The van der Waals surface area contributed by atoms with Crippen LogP contribution in [0.15, 0.2) is 5.38 Å². The van der Waals surface area contributed by atoms with E-state index in [1.54, 1.807) is 24.2 Å². The highest BCUT2D eigenvalue weighted by Gasteiger charge is 2.87. The quantitative estimate of drug-likeness (QED) is 0.859. The highest BCUT2D eigenvalue weighted by molar-refractivity contribution is 9.08. The van der Waals surface area contributed by atoms with E-state index in [0.29, 0.717) is 5.54 Å². The van der Waals surface area contributed by atoms with Crippen molar-refractivity contribution in [1.29, 1.82) is 0 Å². The second-order valence-electron chi connectivity index (χ2n) is 6.71. The van der Waals surface area contributed by atoms with E-state index in [0.717, 1.165) is 35.0 Å². The Morgan fingerprint density at radius 3 is 2.67 bits per heavy atom. The molecule has 0 aliphatic heterocycles. The van der Waals surface area contributed by atoms with Gasteiger partial charge in [-0.05, 0) is 48.9 Å². The van der Waals surface area contributed by atoms with Gasteiger partial charge in [0.05, 0.1) is 5.69 Å². The third-order valence-electron chi connectivity index (χ3n) is 6.50. The van der Waals surface area contributed by atoms with Gasteiger partial charge in [-0.25, -0.2) is 4.98 Å². The molecule has 4 heteroatoms. The molecule has 96 valence electrons. The molecule has 2 nitrogen and oxygen atoms in total. The molecule has 1 N–H and O–H groups in total. The van der Waals surface area contributed by atoms with Crippen LogP contribution in [0.5, 0.6) is 0 Å².